The second-order valence-corrected chi connectivity index (χ2v) is 3.39. The van der Waals surface area contributed by atoms with Gasteiger partial charge in [0, 0.05) is 18.8 Å². The Morgan fingerprint density at radius 2 is 2.46 bits per heavy atom. The van der Waals surface area contributed by atoms with Crippen LogP contribution in [0.5, 0.6) is 0 Å². The zero-order valence-electron chi connectivity index (χ0n) is 7.84. The van der Waals surface area contributed by atoms with Crippen LogP contribution in [0, 0.1) is 0 Å². The zero-order valence-corrected chi connectivity index (χ0v) is 7.84. The van der Waals surface area contributed by atoms with Crippen molar-refractivity contribution in [3.05, 3.63) is 23.4 Å². The number of hydrogen-bond acceptors (Lipinski definition) is 1. The number of allylic oxidation sites excluding steroid dienone is 2. The molecule has 0 aromatic carbocycles. The smallest absolute Gasteiger partial charge is 0.320 e. The summed E-state index contributed by atoms with van der Waals surface area (Å²) in [6.07, 6.45) is 6.32. The van der Waals surface area contributed by atoms with Gasteiger partial charge in [-0.05, 0) is 25.3 Å². The molecule has 3 nitrogen and oxygen atoms in total. The average molecular weight is 178 g/mol. The van der Waals surface area contributed by atoms with E-state index in [0.29, 0.717) is 0 Å². The van der Waals surface area contributed by atoms with E-state index in [9.17, 15) is 4.79 Å². The van der Waals surface area contributed by atoms with E-state index < -0.39 is 0 Å². The van der Waals surface area contributed by atoms with Crippen molar-refractivity contribution in [3.63, 3.8) is 0 Å². The minimum atomic E-state index is 0.0524. The second kappa shape index (κ2) is 3.24. The summed E-state index contributed by atoms with van der Waals surface area (Å²) < 4.78 is 0. The maximum Gasteiger partial charge on any atom is 0.321 e. The van der Waals surface area contributed by atoms with Gasteiger partial charge in [0.15, 0.2) is 0 Å². The number of nitrogens with zero attached hydrogens (tertiary/aromatic N) is 1. The number of carbonyl (C=O) groups excluding carboxylic acids is 1. The first kappa shape index (κ1) is 8.35. The largest absolute Gasteiger partial charge is 0.321 e. The van der Waals surface area contributed by atoms with E-state index in [2.05, 4.69) is 17.5 Å². The summed E-state index contributed by atoms with van der Waals surface area (Å²) in [7, 11) is 0. The van der Waals surface area contributed by atoms with Crippen LogP contribution in [-0.2, 0) is 0 Å². The van der Waals surface area contributed by atoms with Gasteiger partial charge in [-0.1, -0.05) is 12.2 Å². The van der Waals surface area contributed by atoms with Crippen molar-refractivity contribution < 1.29 is 4.79 Å². The molecule has 0 radical (unpaired) electrons. The van der Waals surface area contributed by atoms with Crippen LogP contribution in [0.25, 0.3) is 0 Å². The summed E-state index contributed by atoms with van der Waals surface area (Å²) in [4.78, 5) is 13.3. The van der Waals surface area contributed by atoms with Crippen LogP contribution < -0.4 is 5.32 Å². The van der Waals surface area contributed by atoms with Gasteiger partial charge in [-0.3, -0.25) is 0 Å². The SMILES string of the molecule is CCN1CC2=C(CCC=C2)NC1=O. The maximum absolute atomic E-state index is 11.4. The summed E-state index contributed by atoms with van der Waals surface area (Å²) >= 11 is 0. The first-order valence-corrected chi connectivity index (χ1v) is 4.75. The van der Waals surface area contributed by atoms with Gasteiger partial charge in [0.2, 0.25) is 0 Å². The molecular formula is C10H14N2O. The zero-order chi connectivity index (χ0) is 9.26. The number of hydrogen-bond donors (Lipinski definition) is 1. The third-order valence-corrected chi connectivity index (χ3v) is 2.56. The molecule has 0 bridgehead atoms. The van der Waals surface area contributed by atoms with Crippen molar-refractivity contribution in [2.75, 3.05) is 13.1 Å². The number of amides is 2. The first-order valence-electron chi connectivity index (χ1n) is 4.75. The summed E-state index contributed by atoms with van der Waals surface area (Å²) in [5, 5.41) is 2.93. The number of rotatable bonds is 1. The molecule has 0 saturated heterocycles. The summed E-state index contributed by atoms with van der Waals surface area (Å²) in [5.74, 6) is 0. The van der Waals surface area contributed by atoms with E-state index in [0.717, 1.165) is 31.6 Å². The molecule has 0 aromatic heterocycles. The Morgan fingerprint density at radius 3 is 3.23 bits per heavy atom. The molecule has 0 aromatic rings. The molecule has 2 rings (SSSR count). The van der Waals surface area contributed by atoms with Gasteiger partial charge in [0.25, 0.3) is 0 Å². The molecular weight excluding hydrogens is 164 g/mol. The lowest BCUT2D eigenvalue weighted by molar-refractivity contribution is 0.203. The van der Waals surface area contributed by atoms with Crippen LogP contribution in [0.3, 0.4) is 0 Å². The molecule has 0 fully saturated rings. The molecule has 1 heterocycles. The van der Waals surface area contributed by atoms with Crippen LogP contribution >= 0.6 is 0 Å². The molecule has 70 valence electrons. The predicted octanol–water partition coefficient (Wildman–Crippen LogP) is 1.64. The van der Waals surface area contributed by atoms with Crippen molar-refractivity contribution in [2.24, 2.45) is 0 Å². The molecule has 1 aliphatic carbocycles. The standard InChI is InChI=1S/C10H14N2O/c1-2-12-7-8-5-3-4-6-9(8)11-10(12)13/h3,5H,2,4,6-7H2,1H3,(H,11,13). The van der Waals surface area contributed by atoms with E-state index in [4.69, 9.17) is 0 Å². The Balaban J connectivity index is 2.22. The maximum atomic E-state index is 11.4. The Bertz CT molecular complexity index is 291. The molecule has 0 spiro atoms. The fourth-order valence-electron chi connectivity index (χ4n) is 1.75. The molecule has 1 aliphatic heterocycles. The van der Waals surface area contributed by atoms with Crippen molar-refractivity contribution in [1.29, 1.82) is 0 Å². The van der Waals surface area contributed by atoms with Gasteiger partial charge < -0.3 is 10.2 Å². The number of likely N-dealkylation sites (N-methyl/N-ethyl adjacent to an activating group) is 1. The van der Waals surface area contributed by atoms with Crippen molar-refractivity contribution in [3.8, 4) is 0 Å². The highest BCUT2D eigenvalue weighted by Gasteiger charge is 2.22. The monoisotopic (exact) mass is 178 g/mol. The summed E-state index contributed by atoms with van der Waals surface area (Å²) in [5.41, 5.74) is 2.39. The normalized spacial score (nSPS) is 21.6. The fourth-order valence-corrected chi connectivity index (χ4v) is 1.75. The van der Waals surface area contributed by atoms with Crippen molar-refractivity contribution in [2.45, 2.75) is 19.8 Å². The molecule has 2 amide bonds. The quantitative estimate of drug-likeness (QED) is 0.650. The molecule has 2 aliphatic rings. The highest BCUT2D eigenvalue weighted by Crippen LogP contribution is 2.21. The molecule has 0 unspecified atom stereocenters. The Kier molecular flexibility index (Phi) is 2.08. The lowest BCUT2D eigenvalue weighted by atomic mass is 10.0. The van der Waals surface area contributed by atoms with Gasteiger partial charge in [-0.2, -0.15) is 0 Å². The second-order valence-electron chi connectivity index (χ2n) is 3.39. The van der Waals surface area contributed by atoms with Crippen LogP contribution in [0.4, 0.5) is 4.79 Å². The highest BCUT2D eigenvalue weighted by molar-refractivity contribution is 5.78. The Labute approximate surface area is 78.1 Å². The molecule has 0 atom stereocenters. The minimum absolute atomic E-state index is 0.0524. The highest BCUT2D eigenvalue weighted by atomic mass is 16.2. The third kappa shape index (κ3) is 1.46. The van der Waals surface area contributed by atoms with Crippen molar-refractivity contribution in [1.82, 2.24) is 10.2 Å². The van der Waals surface area contributed by atoms with Crippen LogP contribution in [0.2, 0.25) is 0 Å². The summed E-state index contributed by atoms with van der Waals surface area (Å²) in [6.45, 7) is 3.54. The van der Waals surface area contributed by atoms with Gasteiger partial charge in [0.1, 0.15) is 0 Å². The van der Waals surface area contributed by atoms with Gasteiger partial charge in [0.05, 0.1) is 0 Å². The van der Waals surface area contributed by atoms with Crippen LogP contribution in [0.15, 0.2) is 23.4 Å². The molecule has 1 N–H and O–H groups in total. The molecule has 3 heteroatoms. The lowest BCUT2D eigenvalue weighted by Crippen LogP contribution is -2.45. The van der Waals surface area contributed by atoms with Crippen molar-refractivity contribution >= 4 is 6.03 Å². The van der Waals surface area contributed by atoms with E-state index in [1.165, 1.54) is 5.57 Å². The predicted molar refractivity (Wildman–Crippen MR) is 51.2 cm³/mol. The third-order valence-electron chi connectivity index (χ3n) is 2.56. The van der Waals surface area contributed by atoms with Gasteiger partial charge >= 0.3 is 6.03 Å². The van der Waals surface area contributed by atoms with E-state index in [1.807, 2.05) is 11.8 Å². The summed E-state index contributed by atoms with van der Waals surface area (Å²) in [6, 6.07) is 0.0524. The average Bonchev–Trinajstić information content (AvgIpc) is 2.17. The number of urea groups is 1. The van der Waals surface area contributed by atoms with E-state index in [-0.39, 0.29) is 6.03 Å². The topological polar surface area (TPSA) is 32.3 Å². The Morgan fingerprint density at radius 1 is 1.62 bits per heavy atom. The van der Waals surface area contributed by atoms with E-state index in [1.54, 1.807) is 0 Å². The Hall–Kier alpha value is -1.25. The fraction of sp³-hybridized carbons (Fsp3) is 0.500. The molecule has 13 heavy (non-hydrogen) atoms. The van der Waals surface area contributed by atoms with Gasteiger partial charge in [-0.25, -0.2) is 4.79 Å². The molecule has 0 saturated carbocycles. The first-order chi connectivity index (χ1) is 6.31. The number of nitrogens with one attached hydrogen (secondary N) is 1. The minimum Gasteiger partial charge on any atom is -0.320 e. The lowest BCUT2D eigenvalue weighted by Gasteiger charge is -2.30. The van der Waals surface area contributed by atoms with Crippen LogP contribution in [-0.4, -0.2) is 24.0 Å². The van der Waals surface area contributed by atoms with Crippen LogP contribution in [0.1, 0.15) is 19.8 Å². The van der Waals surface area contributed by atoms with E-state index >= 15 is 0 Å². The van der Waals surface area contributed by atoms with Gasteiger partial charge in [-0.15, -0.1) is 0 Å². The number of carbonyl (C=O) groups is 1.